The Balaban J connectivity index is 1.72. The van der Waals surface area contributed by atoms with Crippen LogP contribution < -0.4 is 0 Å². The van der Waals surface area contributed by atoms with E-state index in [4.69, 9.17) is 0 Å². The van der Waals surface area contributed by atoms with E-state index in [1.165, 1.54) is 21.5 Å². The molecule has 0 aliphatic heterocycles. The van der Waals surface area contributed by atoms with Crippen molar-refractivity contribution in [2.75, 3.05) is 0 Å². The maximum Gasteiger partial charge on any atom is 0.150 e. The van der Waals surface area contributed by atoms with E-state index in [-0.39, 0.29) is 0 Å². The number of carbonyl (C=O) groups excluding carboxylic acids is 2. The summed E-state index contributed by atoms with van der Waals surface area (Å²) in [5, 5.41) is 9.31. The Kier molecular flexibility index (Phi) is 5.12. The molecule has 7 aromatic carbocycles. The minimum atomic E-state index is 0.658. The van der Waals surface area contributed by atoms with Crippen LogP contribution in [0.3, 0.4) is 0 Å². The van der Waals surface area contributed by atoms with Crippen molar-refractivity contribution in [3.05, 3.63) is 132 Å². The first-order valence-electron chi connectivity index (χ1n) is 12.7. The zero-order valence-corrected chi connectivity index (χ0v) is 20.5. The molecule has 0 atom stereocenters. The molecule has 0 spiro atoms. The molecule has 0 heterocycles. The zero-order chi connectivity index (χ0) is 25.6. The number of benzene rings is 7. The molecule has 0 aliphatic carbocycles. The normalized spacial score (nSPS) is 11.4. The van der Waals surface area contributed by atoms with E-state index in [2.05, 4.69) is 72.8 Å². The summed E-state index contributed by atoms with van der Waals surface area (Å²) in [4.78, 5) is 22.8. The second kappa shape index (κ2) is 8.79. The minimum Gasteiger partial charge on any atom is -0.298 e. The number of carbonyl (C=O) groups is 2. The van der Waals surface area contributed by atoms with Crippen LogP contribution in [0.15, 0.2) is 121 Å². The van der Waals surface area contributed by atoms with Crippen LogP contribution in [0.2, 0.25) is 0 Å². The van der Waals surface area contributed by atoms with Gasteiger partial charge in [0.2, 0.25) is 0 Å². The van der Waals surface area contributed by atoms with Crippen LogP contribution in [0.25, 0.3) is 65.3 Å². The van der Waals surface area contributed by atoms with Crippen molar-refractivity contribution in [3.8, 4) is 22.3 Å². The lowest BCUT2D eigenvalue weighted by atomic mass is 9.83. The van der Waals surface area contributed by atoms with Gasteiger partial charge in [0.05, 0.1) is 0 Å². The minimum absolute atomic E-state index is 0.658. The summed E-state index contributed by atoms with van der Waals surface area (Å²) in [6, 6.07) is 41.7. The first-order chi connectivity index (χ1) is 18.7. The summed E-state index contributed by atoms with van der Waals surface area (Å²) >= 11 is 0. The second-order valence-corrected chi connectivity index (χ2v) is 9.72. The first kappa shape index (κ1) is 22.1. The van der Waals surface area contributed by atoms with E-state index in [1.54, 1.807) is 0 Å². The van der Waals surface area contributed by atoms with Gasteiger partial charge >= 0.3 is 0 Å². The van der Waals surface area contributed by atoms with Crippen molar-refractivity contribution in [2.24, 2.45) is 0 Å². The maximum absolute atomic E-state index is 11.4. The van der Waals surface area contributed by atoms with Crippen LogP contribution in [0.1, 0.15) is 20.7 Å². The Morgan fingerprint density at radius 1 is 0.368 bits per heavy atom. The zero-order valence-electron chi connectivity index (χ0n) is 20.5. The van der Waals surface area contributed by atoms with Gasteiger partial charge in [-0.1, -0.05) is 97.1 Å². The highest BCUT2D eigenvalue weighted by atomic mass is 16.1. The Morgan fingerprint density at radius 3 is 0.921 bits per heavy atom. The van der Waals surface area contributed by atoms with Gasteiger partial charge in [-0.3, -0.25) is 9.59 Å². The van der Waals surface area contributed by atoms with Gasteiger partial charge in [-0.15, -0.1) is 0 Å². The molecule has 0 fully saturated rings. The molecule has 0 unspecified atom stereocenters. The predicted octanol–water partition coefficient (Wildman–Crippen LogP) is 9.26. The quantitative estimate of drug-likeness (QED) is 0.183. The summed E-state index contributed by atoms with van der Waals surface area (Å²) < 4.78 is 0. The lowest BCUT2D eigenvalue weighted by molar-refractivity contribution is 0.111. The number of rotatable bonds is 4. The molecule has 7 aromatic rings. The second-order valence-electron chi connectivity index (χ2n) is 9.72. The largest absolute Gasteiger partial charge is 0.298 e. The molecule has 0 saturated carbocycles. The Labute approximate surface area is 219 Å². The number of hydrogen-bond donors (Lipinski definition) is 0. The van der Waals surface area contributed by atoms with Gasteiger partial charge in [0.25, 0.3) is 0 Å². The van der Waals surface area contributed by atoms with Crippen LogP contribution in [-0.4, -0.2) is 12.6 Å². The van der Waals surface area contributed by atoms with E-state index >= 15 is 0 Å². The smallest absolute Gasteiger partial charge is 0.150 e. The average Bonchev–Trinajstić information content (AvgIpc) is 2.98. The van der Waals surface area contributed by atoms with Crippen LogP contribution in [0.5, 0.6) is 0 Å². The molecule has 2 nitrogen and oxygen atoms in total. The van der Waals surface area contributed by atoms with Crippen molar-refractivity contribution < 1.29 is 9.59 Å². The van der Waals surface area contributed by atoms with E-state index < -0.39 is 0 Å². The number of aldehydes is 2. The highest BCUT2D eigenvalue weighted by Crippen LogP contribution is 2.46. The monoisotopic (exact) mass is 486 g/mol. The van der Waals surface area contributed by atoms with Gasteiger partial charge < -0.3 is 0 Å². The molecule has 0 amide bonds. The fraction of sp³-hybridized carbons (Fsp3) is 0. The highest BCUT2D eigenvalue weighted by molar-refractivity contribution is 6.25. The molecule has 7 rings (SSSR count). The van der Waals surface area contributed by atoms with Crippen molar-refractivity contribution in [3.63, 3.8) is 0 Å². The molecule has 0 radical (unpaired) electrons. The molecule has 38 heavy (non-hydrogen) atoms. The van der Waals surface area contributed by atoms with Crippen molar-refractivity contribution in [1.29, 1.82) is 0 Å². The van der Waals surface area contributed by atoms with Crippen molar-refractivity contribution >= 4 is 55.7 Å². The van der Waals surface area contributed by atoms with Gasteiger partial charge in [0.1, 0.15) is 12.6 Å². The first-order valence-corrected chi connectivity index (χ1v) is 12.7. The molecular weight excluding hydrogens is 464 g/mol. The number of fused-ring (bicyclic) bond motifs is 4. The van der Waals surface area contributed by atoms with Crippen LogP contribution in [0, 0.1) is 0 Å². The van der Waals surface area contributed by atoms with E-state index in [0.29, 0.717) is 11.1 Å². The van der Waals surface area contributed by atoms with Crippen molar-refractivity contribution in [1.82, 2.24) is 0 Å². The summed E-state index contributed by atoms with van der Waals surface area (Å²) in [5.74, 6) is 0. The lowest BCUT2D eigenvalue weighted by Crippen LogP contribution is -1.93. The van der Waals surface area contributed by atoms with Gasteiger partial charge in [0, 0.05) is 11.1 Å². The molecule has 0 bridgehead atoms. The van der Waals surface area contributed by atoms with Gasteiger partial charge in [0.15, 0.2) is 0 Å². The number of hydrogen-bond acceptors (Lipinski definition) is 2. The predicted molar refractivity (Wildman–Crippen MR) is 158 cm³/mol. The molecule has 0 aliphatic rings. The summed E-state index contributed by atoms with van der Waals surface area (Å²) in [5.41, 5.74) is 5.75. The Hall–Kier alpha value is -5.08. The van der Waals surface area contributed by atoms with Crippen LogP contribution in [-0.2, 0) is 0 Å². The van der Waals surface area contributed by atoms with Gasteiger partial charge in [-0.25, -0.2) is 0 Å². The summed E-state index contributed by atoms with van der Waals surface area (Å²) in [7, 11) is 0. The van der Waals surface area contributed by atoms with E-state index in [0.717, 1.165) is 56.4 Å². The molecule has 0 N–H and O–H groups in total. The van der Waals surface area contributed by atoms with Crippen LogP contribution in [0.4, 0.5) is 0 Å². The molecule has 0 aromatic heterocycles. The molecule has 2 heteroatoms. The fourth-order valence-electron chi connectivity index (χ4n) is 5.68. The van der Waals surface area contributed by atoms with E-state index in [9.17, 15) is 9.59 Å². The highest BCUT2D eigenvalue weighted by Gasteiger charge is 2.18. The Morgan fingerprint density at radius 2 is 0.658 bits per heavy atom. The van der Waals surface area contributed by atoms with Gasteiger partial charge in [-0.05, 0) is 89.6 Å². The topological polar surface area (TPSA) is 34.1 Å². The molecule has 0 saturated heterocycles. The van der Waals surface area contributed by atoms with Gasteiger partial charge in [-0.2, -0.15) is 0 Å². The standard InChI is InChI=1S/C36H22O2/c37-21-23-9-13-25(14-10-23)35-31-17-27-5-1-2-6-28(27)18-32(31)36(26-15-11-24(22-38)12-16-26)34-20-30-8-4-3-7-29(30)19-33(34)35/h1-22H. The third-order valence-corrected chi connectivity index (χ3v) is 7.52. The summed E-state index contributed by atoms with van der Waals surface area (Å²) in [6.45, 7) is 0. The summed E-state index contributed by atoms with van der Waals surface area (Å²) in [6.07, 6.45) is 1.76. The van der Waals surface area contributed by atoms with Crippen molar-refractivity contribution in [2.45, 2.75) is 0 Å². The third-order valence-electron chi connectivity index (χ3n) is 7.52. The molecular formula is C36H22O2. The molecule has 178 valence electrons. The lowest BCUT2D eigenvalue weighted by Gasteiger charge is -2.19. The third kappa shape index (κ3) is 3.50. The maximum atomic E-state index is 11.4. The fourth-order valence-corrected chi connectivity index (χ4v) is 5.68. The van der Waals surface area contributed by atoms with Crippen LogP contribution >= 0.6 is 0 Å². The SMILES string of the molecule is O=Cc1ccc(-c2c3cc4ccccc4cc3c(-c3ccc(C=O)cc3)c3cc4ccccc4cc23)cc1. The average molecular weight is 487 g/mol. The Bertz CT molecular complexity index is 1790. The van der Waals surface area contributed by atoms with E-state index in [1.807, 2.05) is 48.5 Å².